The molecule has 0 unspecified atom stereocenters. The molecule has 5 heteroatoms. The maximum atomic E-state index is 11.7. The second-order valence-corrected chi connectivity index (χ2v) is 4.85. The molecule has 2 N–H and O–H groups in total. The van der Waals surface area contributed by atoms with E-state index in [9.17, 15) is 4.79 Å². The van der Waals surface area contributed by atoms with Gasteiger partial charge in [0.1, 0.15) is 17.9 Å². The van der Waals surface area contributed by atoms with E-state index in [4.69, 9.17) is 19.9 Å². The highest BCUT2D eigenvalue weighted by molar-refractivity contribution is 5.75. The Hall–Kier alpha value is -1.33. The lowest BCUT2D eigenvalue weighted by atomic mass is 10.2. The third kappa shape index (κ3) is 8.52. The molecular formula is C16H29NO4. The number of ether oxygens (including phenoxy) is 3. The lowest BCUT2D eigenvalue weighted by Crippen LogP contribution is -2.40. The fourth-order valence-electron chi connectivity index (χ4n) is 1.52. The first kappa shape index (κ1) is 19.7. The lowest BCUT2D eigenvalue weighted by molar-refractivity contribution is -0.161. The first-order valence-corrected chi connectivity index (χ1v) is 7.45. The zero-order chi connectivity index (χ0) is 16.3. The Balaban J connectivity index is 4.71. The first-order valence-electron chi connectivity index (χ1n) is 7.45. The number of carbonyl (C=O) groups excluding carboxylic acids is 1. The molecule has 3 atom stereocenters. The number of allylic oxidation sites excluding steroid dienone is 3. The van der Waals surface area contributed by atoms with Crippen molar-refractivity contribution in [2.45, 2.75) is 59.3 Å². The fourth-order valence-corrected chi connectivity index (χ4v) is 1.52. The van der Waals surface area contributed by atoms with Crippen LogP contribution in [0.25, 0.3) is 0 Å². The maximum Gasteiger partial charge on any atom is 0.323 e. The van der Waals surface area contributed by atoms with E-state index in [1.807, 2.05) is 45.9 Å². The average molecular weight is 299 g/mol. The van der Waals surface area contributed by atoms with Crippen molar-refractivity contribution in [2.75, 3.05) is 13.2 Å². The van der Waals surface area contributed by atoms with Gasteiger partial charge >= 0.3 is 5.97 Å². The van der Waals surface area contributed by atoms with Gasteiger partial charge in [-0.1, -0.05) is 13.0 Å². The van der Waals surface area contributed by atoms with E-state index in [0.29, 0.717) is 13.2 Å². The fraction of sp³-hybridized carbons (Fsp3) is 0.688. The summed E-state index contributed by atoms with van der Waals surface area (Å²) in [5.74, 6) is 0.269. The molecule has 0 heterocycles. The van der Waals surface area contributed by atoms with Crippen molar-refractivity contribution in [3.05, 3.63) is 24.0 Å². The summed E-state index contributed by atoms with van der Waals surface area (Å²) in [4.78, 5) is 11.7. The largest absolute Gasteiger partial charge is 0.487 e. The molecular weight excluding hydrogens is 270 g/mol. The van der Waals surface area contributed by atoms with E-state index < -0.39 is 18.1 Å². The standard InChI is InChI=1S/C16H29NO4/c1-6-9-14(8-3)20-13(5)15(11-19-10-7-2)21-16(18)12(4)17/h6,8-9,12-13,15H,7,10-11,17H2,1-5H3/b9-6-,14-8+/t12-,13-,15+/m0/s1. The van der Waals surface area contributed by atoms with Gasteiger partial charge < -0.3 is 19.9 Å². The Bertz CT molecular complexity index is 350. The van der Waals surface area contributed by atoms with Crippen LogP contribution in [0.4, 0.5) is 0 Å². The van der Waals surface area contributed by atoms with Crippen LogP contribution in [0.3, 0.4) is 0 Å². The molecule has 0 amide bonds. The molecule has 0 aliphatic carbocycles. The Kier molecular flexibility index (Phi) is 10.6. The minimum absolute atomic E-state index is 0.292. The van der Waals surface area contributed by atoms with Crippen molar-refractivity contribution in [3.63, 3.8) is 0 Å². The molecule has 0 fully saturated rings. The van der Waals surface area contributed by atoms with E-state index in [1.54, 1.807) is 6.92 Å². The van der Waals surface area contributed by atoms with E-state index in [2.05, 4.69) is 0 Å². The number of esters is 1. The van der Waals surface area contributed by atoms with Gasteiger partial charge in [-0.2, -0.15) is 0 Å². The van der Waals surface area contributed by atoms with E-state index >= 15 is 0 Å². The first-order chi connectivity index (χ1) is 9.96. The Labute approximate surface area is 128 Å². The van der Waals surface area contributed by atoms with E-state index in [1.165, 1.54) is 0 Å². The molecule has 0 bridgehead atoms. The molecule has 0 aromatic carbocycles. The van der Waals surface area contributed by atoms with Gasteiger partial charge in [-0.3, -0.25) is 4.79 Å². The second-order valence-electron chi connectivity index (χ2n) is 4.85. The maximum absolute atomic E-state index is 11.7. The van der Waals surface area contributed by atoms with Gasteiger partial charge in [-0.15, -0.1) is 0 Å². The summed E-state index contributed by atoms with van der Waals surface area (Å²) in [6.45, 7) is 10.2. The van der Waals surface area contributed by atoms with Gasteiger partial charge in [0, 0.05) is 6.61 Å². The highest BCUT2D eigenvalue weighted by atomic mass is 16.6. The molecule has 0 saturated heterocycles. The van der Waals surface area contributed by atoms with Crippen LogP contribution in [-0.2, 0) is 19.0 Å². The van der Waals surface area contributed by atoms with Crippen molar-refractivity contribution in [1.82, 2.24) is 0 Å². The van der Waals surface area contributed by atoms with Crippen LogP contribution in [0.2, 0.25) is 0 Å². The van der Waals surface area contributed by atoms with Crippen LogP contribution in [0.5, 0.6) is 0 Å². The molecule has 0 aliphatic rings. The Morgan fingerprint density at radius 3 is 2.38 bits per heavy atom. The second kappa shape index (κ2) is 11.3. The number of carbonyl (C=O) groups is 1. The van der Waals surface area contributed by atoms with Crippen molar-refractivity contribution in [2.24, 2.45) is 5.73 Å². The normalized spacial score (nSPS) is 16.6. The number of rotatable bonds is 10. The van der Waals surface area contributed by atoms with Crippen molar-refractivity contribution in [1.29, 1.82) is 0 Å². The van der Waals surface area contributed by atoms with Gasteiger partial charge in [-0.25, -0.2) is 0 Å². The average Bonchev–Trinajstić information content (AvgIpc) is 2.45. The highest BCUT2D eigenvalue weighted by Gasteiger charge is 2.25. The summed E-state index contributed by atoms with van der Waals surface area (Å²) in [6.07, 6.45) is 5.68. The predicted molar refractivity (Wildman–Crippen MR) is 83.8 cm³/mol. The van der Waals surface area contributed by atoms with Crippen LogP contribution in [0, 0.1) is 0 Å². The molecule has 5 nitrogen and oxygen atoms in total. The third-order valence-electron chi connectivity index (χ3n) is 2.73. The zero-order valence-electron chi connectivity index (χ0n) is 13.8. The number of nitrogens with two attached hydrogens (primary N) is 1. The van der Waals surface area contributed by atoms with Crippen LogP contribution >= 0.6 is 0 Å². The van der Waals surface area contributed by atoms with Crippen molar-refractivity contribution >= 4 is 5.97 Å². The predicted octanol–water partition coefficient (Wildman–Crippen LogP) is 2.56. The SMILES string of the molecule is C/C=C\C(=C/C)O[C@@H](C)[C@@H](COCCC)OC(=O)[C@H](C)N. The summed E-state index contributed by atoms with van der Waals surface area (Å²) in [6, 6.07) is -0.664. The van der Waals surface area contributed by atoms with Gasteiger partial charge in [-0.05, 0) is 46.3 Å². The smallest absolute Gasteiger partial charge is 0.323 e. The minimum Gasteiger partial charge on any atom is -0.487 e. The number of hydrogen-bond acceptors (Lipinski definition) is 5. The van der Waals surface area contributed by atoms with E-state index in [-0.39, 0.29) is 6.10 Å². The van der Waals surface area contributed by atoms with Crippen molar-refractivity contribution in [3.8, 4) is 0 Å². The minimum atomic E-state index is -0.664. The molecule has 0 aromatic heterocycles. The molecule has 21 heavy (non-hydrogen) atoms. The van der Waals surface area contributed by atoms with Gasteiger partial charge in [0.05, 0.1) is 6.61 Å². The Morgan fingerprint density at radius 1 is 1.24 bits per heavy atom. The summed E-state index contributed by atoms with van der Waals surface area (Å²) in [5.41, 5.74) is 5.54. The molecule has 0 aromatic rings. The molecule has 0 spiro atoms. The van der Waals surface area contributed by atoms with Gasteiger partial charge in [0.15, 0.2) is 6.10 Å². The molecule has 0 radical (unpaired) electrons. The van der Waals surface area contributed by atoms with Crippen LogP contribution in [-0.4, -0.2) is 37.4 Å². The topological polar surface area (TPSA) is 70.8 Å². The molecule has 122 valence electrons. The van der Waals surface area contributed by atoms with Gasteiger partial charge in [0.25, 0.3) is 0 Å². The lowest BCUT2D eigenvalue weighted by Gasteiger charge is -2.26. The summed E-state index contributed by atoms with van der Waals surface area (Å²) in [5, 5.41) is 0. The molecule has 0 saturated carbocycles. The third-order valence-corrected chi connectivity index (χ3v) is 2.73. The molecule has 0 rings (SSSR count). The quantitative estimate of drug-likeness (QED) is 0.290. The van der Waals surface area contributed by atoms with Gasteiger partial charge in [0.2, 0.25) is 0 Å². The summed E-state index contributed by atoms with van der Waals surface area (Å²) < 4.78 is 16.7. The highest BCUT2D eigenvalue weighted by Crippen LogP contribution is 2.12. The Morgan fingerprint density at radius 2 is 1.90 bits per heavy atom. The monoisotopic (exact) mass is 299 g/mol. The van der Waals surface area contributed by atoms with E-state index in [0.717, 1.165) is 12.2 Å². The summed E-state index contributed by atoms with van der Waals surface area (Å²) >= 11 is 0. The van der Waals surface area contributed by atoms with Crippen LogP contribution in [0.1, 0.15) is 41.0 Å². The van der Waals surface area contributed by atoms with Crippen LogP contribution < -0.4 is 5.73 Å². The zero-order valence-corrected chi connectivity index (χ0v) is 13.8. The molecule has 0 aliphatic heterocycles. The van der Waals surface area contributed by atoms with Crippen LogP contribution in [0.15, 0.2) is 24.0 Å². The number of hydrogen-bond donors (Lipinski definition) is 1. The van der Waals surface area contributed by atoms with Crippen molar-refractivity contribution < 1.29 is 19.0 Å². The summed E-state index contributed by atoms with van der Waals surface area (Å²) in [7, 11) is 0.